The number of ether oxygens (including phenoxy) is 2. The highest BCUT2D eigenvalue weighted by atomic mass is 35.5. The molecular formula is C19H15Cl2N3O3. The predicted octanol–water partition coefficient (Wildman–Crippen LogP) is 4.51. The summed E-state index contributed by atoms with van der Waals surface area (Å²) in [5.41, 5.74) is 1.01. The summed E-state index contributed by atoms with van der Waals surface area (Å²) >= 11 is 12.1. The third-order valence-corrected chi connectivity index (χ3v) is 4.18. The summed E-state index contributed by atoms with van der Waals surface area (Å²) in [7, 11) is 1.56. The van der Waals surface area contributed by atoms with E-state index in [-0.39, 0.29) is 23.9 Å². The highest BCUT2D eigenvalue weighted by molar-refractivity contribution is 6.34. The maximum absolute atomic E-state index is 12.6. The van der Waals surface area contributed by atoms with E-state index < -0.39 is 0 Å². The van der Waals surface area contributed by atoms with Crippen molar-refractivity contribution in [3.63, 3.8) is 0 Å². The first-order chi connectivity index (χ1) is 13.1. The van der Waals surface area contributed by atoms with Crippen LogP contribution in [0.1, 0.15) is 15.9 Å². The molecule has 0 saturated carbocycles. The summed E-state index contributed by atoms with van der Waals surface area (Å²) in [6.07, 6.45) is 4.77. The SMILES string of the molecule is COc1ccncc1CNC(=O)c1cccnc1Oc1cc(Cl)ccc1Cl. The Morgan fingerprint density at radius 3 is 2.81 bits per heavy atom. The topological polar surface area (TPSA) is 73.3 Å². The van der Waals surface area contributed by atoms with E-state index in [1.165, 1.54) is 6.20 Å². The Hall–Kier alpha value is -2.83. The molecule has 3 aromatic rings. The van der Waals surface area contributed by atoms with Crippen molar-refractivity contribution in [3.8, 4) is 17.4 Å². The number of amides is 1. The van der Waals surface area contributed by atoms with Crippen LogP contribution in [0.15, 0.2) is 55.0 Å². The Kier molecular flexibility index (Phi) is 6.11. The molecule has 0 bridgehead atoms. The molecule has 0 saturated heterocycles. The minimum absolute atomic E-state index is 0.123. The molecule has 0 fully saturated rings. The van der Waals surface area contributed by atoms with Gasteiger partial charge in [0.2, 0.25) is 5.88 Å². The van der Waals surface area contributed by atoms with Gasteiger partial charge in [0.05, 0.1) is 12.1 Å². The number of benzene rings is 1. The van der Waals surface area contributed by atoms with E-state index in [9.17, 15) is 4.79 Å². The molecule has 0 aliphatic heterocycles. The van der Waals surface area contributed by atoms with Crippen LogP contribution in [0.2, 0.25) is 10.0 Å². The Morgan fingerprint density at radius 2 is 2.00 bits per heavy atom. The fourth-order valence-corrected chi connectivity index (χ4v) is 2.64. The molecular weight excluding hydrogens is 389 g/mol. The molecule has 0 radical (unpaired) electrons. The van der Waals surface area contributed by atoms with Crippen LogP contribution in [0.3, 0.4) is 0 Å². The van der Waals surface area contributed by atoms with Crippen LogP contribution in [0.5, 0.6) is 17.4 Å². The van der Waals surface area contributed by atoms with Gasteiger partial charge >= 0.3 is 0 Å². The van der Waals surface area contributed by atoms with Crippen LogP contribution in [0.4, 0.5) is 0 Å². The summed E-state index contributed by atoms with van der Waals surface area (Å²) in [6, 6.07) is 9.78. The molecule has 1 amide bonds. The fourth-order valence-electron chi connectivity index (χ4n) is 2.32. The van der Waals surface area contributed by atoms with Crippen molar-refractivity contribution in [1.82, 2.24) is 15.3 Å². The number of rotatable bonds is 6. The molecule has 3 rings (SSSR count). The Balaban J connectivity index is 1.78. The van der Waals surface area contributed by atoms with Gasteiger partial charge in [0.1, 0.15) is 17.1 Å². The summed E-state index contributed by atoms with van der Waals surface area (Å²) in [5.74, 6) is 0.712. The van der Waals surface area contributed by atoms with E-state index in [1.807, 2.05) is 0 Å². The standard InChI is InChI=1S/C19H15Cl2N3O3/c1-26-16-6-8-22-10-12(16)11-24-18(25)14-3-2-7-23-19(14)27-17-9-13(20)4-5-15(17)21/h2-10H,11H2,1H3,(H,24,25). The fraction of sp³-hybridized carbons (Fsp3) is 0.105. The lowest BCUT2D eigenvalue weighted by molar-refractivity contribution is 0.0947. The normalized spacial score (nSPS) is 10.3. The molecule has 6 nitrogen and oxygen atoms in total. The van der Waals surface area contributed by atoms with Crippen molar-refractivity contribution >= 4 is 29.1 Å². The Bertz CT molecular complexity index is 966. The Labute approximate surface area is 166 Å². The molecule has 0 aliphatic carbocycles. The van der Waals surface area contributed by atoms with Crippen molar-refractivity contribution in [2.45, 2.75) is 6.54 Å². The van der Waals surface area contributed by atoms with Crippen molar-refractivity contribution in [2.24, 2.45) is 0 Å². The zero-order valence-corrected chi connectivity index (χ0v) is 15.8. The third kappa shape index (κ3) is 4.67. The first-order valence-electron chi connectivity index (χ1n) is 7.91. The van der Waals surface area contributed by atoms with Crippen molar-refractivity contribution in [2.75, 3.05) is 7.11 Å². The first-order valence-corrected chi connectivity index (χ1v) is 8.67. The molecule has 2 aromatic heterocycles. The molecule has 0 atom stereocenters. The zero-order chi connectivity index (χ0) is 19.2. The van der Waals surface area contributed by atoms with Crippen LogP contribution in [0, 0.1) is 0 Å². The van der Waals surface area contributed by atoms with E-state index in [0.29, 0.717) is 21.5 Å². The van der Waals surface area contributed by atoms with Crippen LogP contribution < -0.4 is 14.8 Å². The number of hydrogen-bond donors (Lipinski definition) is 1. The third-order valence-electron chi connectivity index (χ3n) is 3.63. The predicted molar refractivity (Wildman–Crippen MR) is 103 cm³/mol. The van der Waals surface area contributed by atoms with Gasteiger partial charge in [-0.3, -0.25) is 9.78 Å². The molecule has 2 heterocycles. The lowest BCUT2D eigenvalue weighted by Gasteiger charge is -2.12. The average Bonchev–Trinajstić information content (AvgIpc) is 2.69. The molecule has 1 aromatic carbocycles. The number of pyridine rings is 2. The smallest absolute Gasteiger partial charge is 0.257 e. The molecule has 0 spiro atoms. The maximum atomic E-state index is 12.6. The minimum Gasteiger partial charge on any atom is -0.496 e. The molecule has 138 valence electrons. The molecule has 1 N–H and O–H groups in total. The summed E-state index contributed by atoms with van der Waals surface area (Å²) < 4.78 is 11.0. The highest BCUT2D eigenvalue weighted by Gasteiger charge is 2.16. The lowest BCUT2D eigenvalue weighted by atomic mass is 10.2. The number of halogens is 2. The number of carbonyl (C=O) groups is 1. The quantitative estimate of drug-likeness (QED) is 0.654. The number of nitrogens with zero attached hydrogens (tertiary/aromatic N) is 2. The number of hydrogen-bond acceptors (Lipinski definition) is 5. The van der Waals surface area contributed by atoms with E-state index in [4.69, 9.17) is 32.7 Å². The second-order valence-electron chi connectivity index (χ2n) is 5.40. The van der Waals surface area contributed by atoms with Gasteiger partial charge in [-0.2, -0.15) is 0 Å². The van der Waals surface area contributed by atoms with Crippen molar-refractivity contribution in [1.29, 1.82) is 0 Å². The van der Waals surface area contributed by atoms with Crippen LogP contribution in [-0.2, 0) is 6.54 Å². The number of carbonyl (C=O) groups excluding carboxylic acids is 1. The van der Waals surface area contributed by atoms with Gasteiger partial charge in [-0.05, 0) is 30.3 Å². The van der Waals surface area contributed by atoms with Crippen LogP contribution in [-0.4, -0.2) is 23.0 Å². The van der Waals surface area contributed by atoms with Crippen molar-refractivity contribution in [3.05, 3.63) is 76.2 Å². The number of aromatic nitrogens is 2. The van der Waals surface area contributed by atoms with Crippen LogP contribution >= 0.6 is 23.2 Å². The lowest BCUT2D eigenvalue weighted by Crippen LogP contribution is -2.23. The van der Waals surface area contributed by atoms with Gasteiger partial charge in [-0.25, -0.2) is 4.98 Å². The molecule has 27 heavy (non-hydrogen) atoms. The van der Waals surface area contributed by atoms with E-state index in [2.05, 4.69) is 15.3 Å². The van der Waals surface area contributed by atoms with Crippen molar-refractivity contribution < 1.29 is 14.3 Å². The second-order valence-corrected chi connectivity index (χ2v) is 6.25. The van der Waals surface area contributed by atoms with Gasteiger partial charge in [0.25, 0.3) is 5.91 Å². The van der Waals surface area contributed by atoms with Gasteiger partial charge < -0.3 is 14.8 Å². The molecule has 0 unspecified atom stereocenters. The Morgan fingerprint density at radius 1 is 1.15 bits per heavy atom. The monoisotopic (exact) mass is 403 g/mol. The molecule has 8 heteroatoms. The van der Waals surface area contributed by atoms with E-state index in [0.717, 1.165) is 5.56 Å². The van der Waals surface area contributed by atoms with Gasteiger partial charge in [0, 0.05) is 41.8 Å². The summed E-state index contributed by atoms with van der Waals surface area (Å²) in [4.78, 5) is 20.8. The highest BCUT2D eigenvalue weighted by Crippen LogP contribution is 2.32. The summed E-state index contributed by atoms with van der Waals surface area (Å²) in [6.45, 7) is 0.238. The van der Waals surface area contributed by atoms with E-state index in [1.54, 1.807) is 55.9 Å². The zero-order valence-electron chi connectivity index (χ0n) is 14.3. The minimum atomic E-state index is -0.359. The van der Waals surface area contributed by atoms with E-state index >= 15 is 0 Å². The second kappa shape index (κ2) is 8.70. The largest absolute Gasteiger partial charge is 0.496 e. The number of methoxy groups -OCH3 is 1. The van der Waals surface area contributed by atoms with Gasteiger partial charge in [-0.1, -0.05) is 23.2 Å². The number of nitrogens with one attached hydrogen (secondary N) is 1. The van der Waals surface area contributed by atoms with Gasteiger partial charge in [0.15, 0.2) is 0 Å². The first kappa shape index (κ1) is 18.9. The van der Waals surface area contributed by atoms with Gasteiger partial charge in [-0.15, -0.1) is 0 Å². The molecule has 0 aliphatic rings. The average molecular weight is 404 g/mol. The van der Waals surface area contributed by atoms with Crippen LogP contribution in [0.25, 0.3) is 0 Å². The summed E-state index contributed by atoms with van der Waals surface area (Å²) in [5, 5.41) is 3.62. The maximum Gasteiger partial charge on any atom is 0.257 e.